The summed E-state index contributed by atoms with van der Waals surface area (Å²) in [6.07, 6.45) is -0.744. The predicted molar refractivity (Wildman–Crippen MR) is 143 cm³/mol. The number of nitro groups is 1. The zero-order chi connectivity index (χ0) is 29.1. The van der Waals surface area contributed by atoms with Gasteiger partial charge in [-0.15, -0.1) is 0 Å². The van der Waals surface area contributed by atoms with Crippen molar-refractivity contribution in [3.05, 3.63) is 106 Å². The first-order chi connectivity index (χ1) is 19.1. The highest BCUT2D eigenvalue weighted by atomic mass is 16.6. The Hall–Kier alpha value is -5.19. The molecule has 11 heteroatoms. The first kappa shape index (κ1) is 29.4. The first-order valence-corrected chi connectivity index (χ1v) is 12.3. The van der Waals surface area contributed by atoms with Crippen molar-refractivity contribution >= 4 is 40.8 Å². The number of carbonyl (C=O) groups excluding carboxylic acids is 5. The summed E-state index contributed by atoms with van der Waals surface area (Å²) >= 11 is 0. The van der Waals surface area contributed by atoms with E-state index in [1.165, 1.54) is 49.4 Å². The molecular weight excluding hydrogens is 520 g/mol. The van der Waals surface area contributed by atoms with Crippen molar-refractivity contribution < 1.29 is 38.4 Å². The van der Waals surface area contributed by atoms with Crippen LogP contribution in [0.4, 0.5) is 11.4 Å². The van der Waals surface area contributed by atoms with Gasteiger partial charge in [-0.3, -0.25) is 29.3 Å². The number of non-ortho nitro benzene ring substituents is 1. The van der Waals surface area contributed by atoms with Crippen LogP contribution < -0.4 is 5.32 Å². The second-order valence-corrected chi connectivity index (χ2v) is 8.65. The molecule has 0 aliphatic carbocycles. The van der Waals surface area contributed by atoms with Crippen LogP contribution in [0.15, 0.2) is 78.9 Å². The highest BCUT2D eigenvalue weighted by molar-refractivity contribution is 6.01. The molecule has 3 aromatic carbocycles. The summed E-state index contributed by atoms with van der Waals surface area (Å²) in [5, 5.41) is 13.5. The normalized spacial score (nSPS) is 11.1. The number of hydrogen-bond donors (Lipinski definition) is 1. The van der Waals surface area contributed by atoms with Gasteiger partial charge >= 0.3 is 11.9 Å². The van der Waals surface area contributed by atoms with E-state index in [0.29, 0.717) is 11.3 Å². The largest absolute Gasteiger partial charge is 0.454 e. The lowest BCUT2D eigenvalue weighted by Crippen LogP contribution is -2.24. The quantitative estimate of drug-likeness (QED) is 0.140. The number of benzene rings is 3. The Morgan fingerprint density at radius 2 is 1.52 bits per heavy atom. The number of nitrogens with one attached hydrogen (secondary N) is 1. The molecule has 0 heterocycles. The standard InChI is InChI=1S/C29H26N2O9/c1-19(28(35)20-7-3-2-4-8-20)40-27(34)12-6-11-26(33)30-23-15-13-21(14-16-23)29(36)39-18-25(32)22-9-5-10-24(17-22)31(37)38/h2-5,7-10,13-17,19H,6,11-12,18H2,1H3,(H,30,33). The molecule has 11 nitrogen and oxygen atoms in total. The average molecular weight is 547 g/mol. The summed E-state index contributed by atoms with van der Waals surface area (Å²) in [6.45, 7) is 0.897. The van der Waals surface area contributed by atoms with Crippen LogP contribution in [0.5, 0.6) is 0 Å². The van der Waals surface area contributed by atoms with Gasteiger partial charge in [0.1, 0.15) is 0 Å². The van der Waals surface area contributed by atoms with E-state index in [4.69, 9.17) is 9.47 Å². The van der Waals surface area contributed by atoms with Crippen LogP contribution in [-0.2, 0) is 19.1 Å². The first-order valence-electron chi connectivity index (χ1n) is 12.3. The molecule has 206 valence electrons. The van der Waals surface area contributed by atoms with Crippen LogP contribution in [-0.4, -0.2) is 47.0 Å². The Morgan fingerprint density at radius 1 is 0.850 bits per heavy atom. The molecule has 0 aromatic heterocycles. The van der Waals surface area contributed by atoms with Gasteiger partial charge in [0.15, 0.2) is 12.7 Å². The number of anilines is 1. The van der Waals surface area contributed by atoms with Gasteiger partial charge in [-0.25, -0.2) is 4.79 Å². The Balaban J connectivity index is 1.39. The van der Waals surface area contributed by atoms with Crippen molar-refractivity contribution in [1.82, 2.24) is 0 Å². The van der Waals surface area contributed by atoms with Crippen molar-refractivity contribution in [2.24, 2.45) is 0 Å². The van der Waals surface area contributed by atoms with Crippen LogP contribution in [0.25, 0.3) is 0 Å². The number of carbonyl (C=O) groups is 5. The number of rotatable bonds is 13. The molecule has 3 rings (SSSR count). The number of nitrogens with zero attached hydrogens (tertiary/aromatic N) is 1. The van der Waals surface area contributed by atoms with Crippen LogP contribution in [0.1, 0.15) is 57.3 Å². The molecule has 1 amide bonds. The average Bonchev–Trinajstić information content (AvgIpc) is 2.96. The molecule has 3 aromatic rings. The second-order valence-electron chi connectivity index (χ2n) is 8.65. The lowest BCUT2D eigenvalue weighted by molar-refractivity contribution is -0.384. The Labute approximate surface area is 229 Å². The summed E-state index contributed by atoms with van der Waals surface area (Å²) in [5.41, 5.74) is 0.768. The number of hydrogen-bond acceptors (Lipinski definition) is 9. The molecule has 0 aliphatic heterocycles. The third-order valence-corrected chi connectivity index (χ3v) is 5.64. The molecular formula is C29H26N2O9. The zero-order valence-corrected chi connectivity index (χ0v) is 21.5. The fraction of sp³-hybridized carbons (Fsp3) is 0.207. The molecule has 1 atom stereocenters. The molecule has 0 saturated carbocycles. The van der Waals surface area contributed by atoms with Crippen molar-refractivity contribution in [3.8, 4) is 0 Å². The summed E-state index contributed by atoms with van der Waals surface area (Å²) in [4.78, 5) is 71.2. The topological polar surface area (TPSA) is 159 Å². The van der Waals surface area contributed by atoms with E-state index in [2.05, 4.69) is 5.32 Å². The maximum absolute atomic E-state index is 12.3. The molecule has 0 aliphatic rings. The second kappa shape index (κ2) is 14.1. The van der Waals surface area contributed by atoms with Gasteiger partial charge in [-0.2, -0.15) is 0 Å². The van der Waals surface area contributed by atoms with Crippen LogP contribution in [0.3, 0.4) is 0 Å². The molecule has 0 spiro atoms. The highest BCUT2D eigenvalue weighted by Gasteiger charge is 2.19. The minimum atomic E-state index is -0.938. The van der Waals surface area contributed by atoms with E-state index in [-0.39, 0.29) is 47.8 Å². The maximum Gasteiger partial charge on any atom is 0.338 e. The SMILES string of the molecule is CC(OC(=O)CCCC(=O)Nc1ccc(C(=O)OCC(=O)c2cccc([N+](=O)[O-])c2)cc1)C(=O)c1ccccc1. The van der Waals surface area contributed by atoms with E-state index >= 15 is 0 Å². The molecule has 0 saturated heterocycles. The van der Waals surface area contributed by atoms with Crippen LogP contribution >= 0.6 is 0 Å². The molecule has 0 bridgehead atoms. The number of nitro benzene ring substituents is 1. The van der Waals surface area contributed by atoms with E-state index in [1.54, 1.807) is 30.3 Å². The van der Waals surface area contributed by atoms with Gasteiger partial charge in [-0.1, -0.05) is 42.5 Å². The van der Waals surface area contributed by atoms with Crippen molar-refractivity contribution in [2.45, 2.75) is 32.3 Å². The number of Topliss-reactive ketones (excluding diaryl/α,β-unsaturated/α-hetero) is 2. The lowest BCUT2D eigenvalue weighted by Gasteiger charge is -2.12. The number of ether oxygens (including phenoxy) is 2. The van der Waals surface area contributed by atoms with Crippen LogP contribution in [0.2, 0.25) is 0 Å². The third kappa shape index (κ3) is 8.69. The van der Waals surface area contributed by atoms with Gasteiger partial charge in [0.25, 0.3) is 5.69 Å². The lowest BCUT2D eigenvalue weighted by atomic mass is 10.1. The zero-order valence-electron chi connectivity index (χ0n) is 21.5. The molecule has 1 N–H and O–H groups in total. The van der Waals surface area contributed by atoms with Gasteiger partial charge < -0.3 is 14.8 Å². The summed E-state index contributed by atoms with van der Waals surface area (Å²) < 4.78 is 10.2. The van der Waals surface area contributed by atoms with E-state index in [0.717, 1.165) is 6.07 Å². The Kier molecular flexibility index (Phi) is 10.4. The smallest absolute Gasteiger partial charge is 0.338 e. The fourth-order valence-electron chi connectivity index (χ4n) is 3.54. The Morgan fingerprint density at radius 3 is 2.20 bits per heavy atom. The minimum absolute atomic E-state index is 0.0274. The van der Waals surface area contributed by atoms with Gasteiger partial charge in [0.05, 0.1) is 10.5 Å². The summed E-state index contributed by atoms with van der Waals surface area (Å²) in [5.74, 6) is -2.64. The van der Waals surface area contributed by atoms with Gasteiger partial charge in [0.2, 0.25) is 17.5 Å². The monoisotopic (exact) mass is 546 g/mol. The van der Waals surface area contributed by atoms with Gasteiger partial charge in [0, 0.05) is 41.8 Å². The third-order valence-electron chi connectivity index (χ3n) is 5.64. The molecule has 0 radical (unpaired) electrons. The number of ketones is 2. The van der Waals surface area contributed by atoms with E-state index in [1.807, 2.05) is 0 Å². The number of esters is 2. The molecule has 1 unspecified atom stereocenters. The Bertz CT molecular complexity index is 1400. The van der Waals surface area contributed by atoms with Crippen molar-refractivity contribution in [1.29, 1.82) is 0 Å². The predicted octanol–water partition coefficient (Wildman–Crippen LogP) is 4.56. The highest BCUT2D eigenvalue weighted by Crippen LogP contribution is 2.15. The van der Waals surface area contributed by atoms with Gasteiger partial charge in [-0.05, 0) is 37.6 Å². The number of amides is 1. The molecule has 0 fully saturated rings. The minimum Gasteiger partial charge on any atom is -0.454 e. The van der Waals surface area contributed by atoms with E-state index in [9.17, 15) is 34.1 Å². The summed E-state index contributed by atoms with van der Waals surface area (Å²) in [6, 6.07) is 19.3. The molecule has 40 heavy (non-hydrogen) atoms. The van der Waals surface area contributed by atoms with Crippen molar-refractivity contribution in [2.75, 3.05) is 11.9 Å². The fourth-order valence-corrected chi connectivity index (χ4v) is 3.54. The van der Waals surface area contributed by atoms with E-state index < -0.39 is 35.4 Å². The maximum atomic E-state index is 12.3. The summed E-state index contributed by atoms with van der Waals surface area (Å²) in [7, 11) is 0. The van der Waals surface area contributed by atoms with Crippen LogP contribution in [0, 0.1) is 10.1 Å². The van der Waals surface area contributed by atoms with Crippen molar-refractivity contribution in [3.63, 3.8) is 0 Å².